The van der Waals surface area contributed by atoms with Crippen LogP contribution in [0.3, 0.4) is 0 Å². The summed E-state index contributed by atoms with van der Waals surface area (Å²) in [6.07, 6.45) is 1.46. The summed E-state index contributed by atoms with van der Waals surface area (Å²) >= 11 is 0. The SMILES string of the molecule is CC1Cc2ccccc2N1C(=O)C1CC1C(=O)Nc1ccc2c(c1)OCCO2. The molecule has 2 heterocycles. The van der Waals surface area contributed by atoms with Gasteiger partial charge in [-0.3, -0.25) is 9.59 Å². The van der Waals surface area contributed by atoms with Gasteiger partial charge in [-0.05, 0) is 43.5 Å². The number of benzene rings is 2. The summed E-state index contributed by atoms with van der Waals surface area (Å²) < 4.78 is 11.1. The fourth-order valence-corrected chi connectivity index (χ4v) is 4.19. The monoisotopic (exact) mass is 378 g/mol. The third kappa shape index (κ3) is 2.89. The van der Waals surface area contributed by atoms with E-state index in [-0.39, 0.29) is 29.7 Å². The Labute approximate surface area is 163 Å². The molecule has 2 aliphatic heterocycles. The molecule has 3 aliphatic rings. The van der Waals surface area contributed by atoms with Crippen LogP contribution in [0.2, 0.25) is 0 Å². The Morgan fingerprint density at radius 3 is 2.68 bits per heavy atom. The Morgan fingerprint density at radius 1 is 1.04 bits per heavy atom. The van der Waals surface area contributed by atoms with Crippen LogP contribution in [0.4, 0.5) is 11.4 Å². The van der Waals surface area contributed by atoms with Crippen molar-refractivity contribution < 1.29 is 19.1 Å². The smallest absolute Gasteiger partial charge is 0.231 e. The lowest BCUT2D eigenvalue weighted by Gasteiger charge is -2.23. The normalized spacial score (nSPS) is 24.5. The maximum atomic E-state index is 13.0. The van der Waals surface area contributed by atoms with Crippen LogP contribution in [0.5, 0.6) is 11.5 Å². The topological polar surface area (TPSA) is 67.9 Å². The lowest BCUT2D eigenvalue weighted by atomic mass is 10.1. The Morgan fingerprint density at radius 2 is 1.82 bits per heavy atom. The minimum Gasteiger partial charge on any atom is -0.486 e. The number of ether oxygens (including phenoxy) is 2. The van der Waals surface area contributed by atoms with Gasteiger partial charge in [0.15, 0.2) is 11.5 Å². The lowest BCUT2D eigenvalue weighted by molar-refractivity contribution is -0.123. The number of rotatable bonds is 3. The molecule has 3 unspecified atom stereocenters. The first kappa shape index (κ1) is 17.1. The third-order valence-corrected chi connectivity index (χ3v) is 5.70. The molecule has 6 nitrogen and oxygen atoms in total. The zero-order valence-corrected chi connectivity index (χ0v) is 15.7. The van der Waals surface area contributed by atoms with Crippen LogP contribution in [-0.2, 0) is 16.0 Å². The number of para-hydroxylation sites is 1. The van der Waals surface area contributed by atoms with Crippen LogP contribution in [-0.4, -0.2) is 31.1 Å². The third-order valence-electron chi connectivity index (χ3n) is 5.70. The highest BCUT2D eigenvalue weighted by molar-refractivity contribution is 6.05. The molecule has 28 heavy (non-hydrogen) atoms. The van der Waals surface area contributed by atoms with Crippen molar-refractivity contribution in [3.05, 3.63) is 48.0 Å². The van der Waals surface area contributed by atoms with Crippen LogP contribution in [0, 0.1) is 11.8 Å². The molecule has 0 aromatic heterocycles. The average molecular weight is 378 g/mol. The highest BCUT2D eigenvalue weighted by Crippen LogP contribution is 2.44. The highest BCUT2D eigenvalue weighted by Gasteiger charge is 2.51. The summed E-state index contributed by atoms with van der Waals surface area (Å²) in [6.45, 7) is 3.09. The molecule has 1 aliphatic carbocycles. The second-order valence-corrected chi connectivity index (χ2v) is 7.69. The lowest BCUT2D eigenvalue weighted by Crippen LogP contribution is -2.37. The zero-order chi connectivity index (χ0) is 19.3. The second-order valence-electron chi connectivity index (χ2n) is 7.69. The molecule has 2 aromatic rings. The summed E-state index contributed by atoms with van der Waals surface area (Å²) in [5.74, 6) is 0.738. The van der Waals surface area contributed by atoms with Gasteiger partial charge in [0.2, 0.25) is 11.8 Å². The molecule has 1 N–H and O–H groups in total. The van der Waals surface area contributed by atoms with Crippen LogP contribution < -0.4 is 19.7 Å². The van der Waals surface area contributed by atoms with E-state index in [9.17, 15) is 9.59 Å². The molecule has 0 spiro atoms. The fraction of sp³-hybridized carbons (Fsp3) is 0.364. The molecular weight excluding hydrogens is 356 g/mol. The highest BCUT2D eigenvalue weighted by atomic mass is 16.6. The number of fused-ring (bicyclic) bond motifs is 2. The Hall–Kier alpha value is -3.02. The minimum atomic E-state index is -0.277. The van der Waals surface area contributed by atoms with E-state index in [4.69, 9.17) is 9.47 Å². The predicted molar refractivity (Wildman–Crippen MR) is 105 cm³/mol. The maximum absolute atomic E-state index is 13.0. The quantitative estimate of drug-likeness (QED) is 0.892. The van der Waals surface area contributed by atoms with Crippen molar-refractivity contribution in [2.24, 2.45) is 11.8 Å². The van der Waals surface area contributed by atoms with Crippen molar-refractivity contribution >= 4 is 23.2 Å². The second kappa shape index (κ2) is 6.55. The van der Waals surface area contributed by atoms with Crippen molar-refractivity contribution in [1.29, 1.82) is 0 Å². The van der Waals surface area contributed by atoms with Gasteiger partial charge in [0.05, 0.1) is 11.8 Å². The molecule has 0 saturated heterocycles. The van der Waals surface area contributed by atoms with Gasteiger partial charge in [0, 0.05) is 23.5 Å². The molecule has 1 saturated carbocycles. The Bertz CT molecular complexity index is 957. The van der Waals surface area contributed by atoms with Crippen molar-refractivity contribution in [3.63, 3.8) is 0 Å². The number of hydrogen-bond acceptors (Lipinski definition) is 4. The Kier molecular flexibility index (Phi) is 4.00. The first-order valence-corrected chi connectivity index (χ1v) is 9.73. The van der Waals surface area contributed by atoms with Crippen LogP contribution in [0.25, 0.3) is 0 Å². The molecular formula is C22H22N2O4. The molecule has 0 radical (unpaired) electrons. The standard InChI is InChI=1S/C22H22N2O4/c1-13-10-14-4-2-3-5-18(14)24(13)22(26)17-12-16(17)21(25)23-15-6-7-19-20(11-15)28-9-8-27-19/h2-7,11,13,16-17H,8-10,12H2,1H3,(H,23,25). The maximum Gasteiger partial charge on any atom is 0.231 e. The van der Waals surface area contributed by atoms with Gasteiger partial charge in [-0.2, -0.15) is 0 Å². The predicted octanol–water partition coefficient (Wildman–Crippen LogP) is 3.01. The van der Waals surface area contributed by atoms with E-state index < -0.39 is 0 Å². The first-order valence-electron chi connectivity index (χ1n) is 9.73. The number of carbonyl (C=O) groups excluding carboxylic acids is 2. The molecule has 6 heteroatoms. The summed E-state index contributed by atoms with van der Waals surface area (Å²) in [4.78, 5) is 27.6. The number of nitrogens with one attached hydrogen (secondary N) is 1. The van der Waals surface area contributed by atoms with Crippen LogP contribution >= 0.6 is 0 Å². The first-order chi connectivity index (χ1) is 13.6. The number of hydrogen-bond donors (Lipinski definition) is 1. The summed E-state index contributed by atoms with van der Waals surface area (Å²) in [5, 5.41) is 2.91. The largest absolute Gasteiger partial charge is 0.486 e. The zero-order valence-electron chi connectivity index (χ0n) is 15.7. The molecule has 2 aromatic carbocycles. The van der Waals surface area contributed by atoms with Crippen molar-refractivity contribution in [1.82, 2.24) is 0 Å². The van der Waals surface area contributed by atoms with Gasteiger partial charge in [-0.25, -0.2) is 0 Å². The van der Waals surface area contributed by atoms with Gasteiger partial charge < -0.3 is 19.7 Å². The number of amides is 2. The Balaban J connectivity index is 1.26. The van der Waals surface area contributed by atoms with E-state index in [1.54, 1.807) is 18.2 Å². The van der Waals surface area contributed by atoms with E-state index in [1.807, 2.05) is 23.1 Å². The molecule has 144 valence electrons. The van der Waals surface area contributed by atoms with Gasteiger partial charge in [0.1, 0.15) is 13.2 Å². The fourth-order valence-electron chi connectivity index (χ4n) is 4.19. The van der Waals surface area contributed by atoms with Crippen LogP contribution in [0.1, 0.15) is 18.9 Å². The number of carbonyl (C=O) groups is 2. The summed E-state index contributed by atoms with van der Waals surface area (Å²) in [6, 6.07) is 13.5. The molecule has 5 rings (SSSR count). The molecule has 2 amide bonds. The van der Waals surface area contributed by atoms with E-state index in [2.05, 4.69) is 18.3 Å². The van der Waals surface area contributed by atoms with Gasteiger partial charge in [-0.1, -0.05) is 18.2 Å². The van der Waals surface area contributed by atoms with Gasteiger partial charge in [0.25, 0.3) is 0 Å². The van der Waals surface area contributed by atoms with E-state index in [1.165, 1.54) is 5.56 Å². The number of nitrogens with zero attached hydrogens (tertiary/aromatic N) is 1. The van der Waals surface area contributed by atoms with Crippen molar-refractivity contribution in [2.75, 3.05) is 23.4 Å². The van der Waals surface area contributed by atoms with E-state index >= 15 is 0 Å². The van der Waals surface area contributed by atoms with Crippen molar-refractivity contribution in [2.45, 2.75) is 25.8 Å². The number of anilines is 2. The van der Waals surface area contributed by atoms with Crippen molar-refractivity contribution in [3.8, 4) is 11.5 Å². The minimum absolute atomic E-state index is 0.0553. The van der Waals surface area contributed by atoms with Crippen LogP contribution in [0.15, 0.2) is 42.5 Å². The molecule has 3 atom stereocenters. The average Bonchev–Trinajstić information content (AvgIpc) is 3.44. The molecule has 1 fully saturated rings. The van der Waals surface area contributed by atoms with E-state index in [0.29, 0.717) is 36.8 Å². The summed E-state index contributed by atoms with van der Waals surface area (Å²) in [7, 11) is 0. The molecule has 0 bridgehead atoms. The van der Waals surface area contributed by atoms with E-state index in [0.717, 1.165) is 12.1 Å². The van der Waals surface area contributed by atoms with Gasteiger partial charge >= 0.3 is 0 Å². The summed E-state index contributed by atoms with van der Waals surface area (Å²) in [5.41, 5.74) is 2.84. The van der Waals surface area contributed by atoms with Gasteiger partial charge in [-0.15, -0.1) is 0 Å².